The van der Waals surface area contributed by atoms with E-state index in [1.165, 1.54) is 0 Å². The normalized spacial score (nSPS) is 36.3. The molecular formula is C16H26O4S. The fourth-order valence-electron chi connectivity index (χ4n) is 4.81. The molecule has 0 N–H and O–H groups in total. The Bertz CT molecular complexity index is 530. The van der Waals surface area contributed by atoms with Crippen LogP contribution >= 0.6 is 0 Å². The Morgan fingerprint density at radius 1 is 1.14 bits per heavy atom. The van der Waals surface area contributed by atoms with Crippen molar-refractivity contribution < 1.29 is 17.4 Å². The lowest BCUT2D eigenvalue weighted by Gasteiger charge is -2.36. The molecule has 0 aromatic carbocycles. The first kappa shape index (κ1) is 15.5. The Hall–Kier alpha value is -0.420. The van der Waals surface area contributed by atoms with E-state index in [2.05, 4.69) is 13.8 Å². The topological polar surface area (TPSA) is 60.4 Å². The van der Waals surface area contributed by atoms with Crippen molar-refractivity contribution in [1.82, 2.24) is 0 Å². The molecule has 0 amide bonds. The summed E-state index contributed by atoms with van der Waals surface area (Å²) in [5, 5.41) is 0. The molecule has 3 aliphatic carbocycles. The van der Waals surface area contributed by atoms with Gasteiger partial charge in [-0.3, -0.25) is 8.98 Å². The fraction of sp³-hybridized carbons (Fsp3) is 0.938. The predicted octanol–water partition coefficient (Wildman–Crippen LogP) is 3.06. The third-order valence-corrected chi connectivity index (χ3v) is 7.81. The van der Waals surface area contributed by atoms with Gasteiger partial charge in [-0.2, -0.15) is 8.42 Å². The third kappa shape index (κ3) is 2.46. The van der Waals surface area contributed by atoms with Crippen LogP contribution in [0.15, 0.2) is 0 Å². The molecular weight excluding hydrogens is 288 g/mol. The van der Waals surface area contributed by atoms with Gasteiger partial charge in [-0.05, 0) is 37.0 Å². The molecule has 0 radical (unpaired) electrons. The van der Waals surface area contributed by atoms with Crippen LogP contribution in [0.2, 0.25) is 0 Å². The van der Waals surface area contributed by atoms with Crippen LogP contribution in [0, 0.1) is 16.7 Å². The third-order valence-electron chi connectivity index (χ3n) is 6.40. The summed E-state index contributed by atoms with van der Waals surface area (Å²) in [6, 6.07) is 0. The SMILES string of the molecule is CC1(C)C2CCC1(CS(=O)(=O)OC1CCCCC1)C(=O)C2. The predicted molar refractivity (Wildman–Crippen MR) is 80.3 cm³/mol. The molecule has 120 valence electrons. The molecule has 2 bridgehead atoms. The summed E-state index contributed by atoms with van der Waals surface area (Å²) in [5.41, 5.74) is -0.918. The van der Waals surface area contributed by atoms with E-state index in [1.54, 1.807) is 0 Å². The highest BCUT2D eigenvalue weighted by Crippen LogP contribution is 2.64. The summed E-state index contributed by atoms with van der Waals surface area (Å²) in [5.74, 6) is 0.369. The van der Waals surface area contributed by atoms with Gasteiger partial charge in [0.25, 0.3) is 10.1 Å². The van der Waals surface area contributed by atoms with Crippen LogP contribution < -0.4 is 0 Å². The summed E-state index contributed by atoms with van der Waals surface area (Å²) < 4.78 is 30.4. The molecule has 2 unspecified atom stereocenters. The Morgan fingerprint density at radius 2 is 1.81 bits per heavy atom. The Morgan fingerprint density at radius 3 is 2.33 bits per heavy atom. The van der Waals surface area contributed by atoms with Crippen molar-refractivity contribution in [3.05, 3.63) is 0 Å². The largest absolute Gasteiger partial charge is 0.299 e. The van der Waals surface area contributed by atoms with Crippen molar-refractivity contribution in [1.29, 1.82) is 0 Å². The van der Waals surface area contributed by atoms with Gasteiger partial charge in [-0.15, -0.1) is 0 Å². The lowest BCUT2D eigenvalue weighted by atomic mass is 9.70. The highest BCUT2D eigenvalue weighted by Gasteiger charge is 2.65. The van der Waals surface area contributed by atoms with Crippen LogP contribution in [0.25, 0.3) is 0 Å². The fourth-order valence-corrected chi connectivity index (χ4v) is 6.77. The van der Waals surface area contributed by atoms with Crippen molar-refractivity contribution in [2.24, 2.45) is 16.7 Å². The number of ketones is 1. The first-order chi connectivity index (χ1) is 9.77. The molecule has 0 heterocycles. The minimum atomic E-state index is -3.63. The number of Topliss-reactive ketones (excluding diaryl/α,β-unsaturated/α-hetero) is 1. The van der Waals surface area contributed by atoms with Crippen LogP contribution in [-0.2, 0) is 19.1 Å². The minimum Gasteiger partial charge on any atom is -0.299 e. The van der Waals surface area contributed by atoms with Gasteiger partial charge in [0, 0.05) is 6.42 Å². The summed E-state index contributed by atoms with van der Waals surface area (Å²) in [7, 11) is -3.63. The van der Waals surface area contributed by atoms with Crippen molar-refractivity contribution in [3.8, 4) is 0 Å². The summed E-state index contributed by atoms with van der Waals surface area (Å²) in [6.07, 6.45) is 6.95. The van der Waals surface area contributed by atoms with E-state index < -0.39 is 15.5 Å². The first-order valence-corrected chi connectivity index (χ1v) is 9.79. The van der Waals surface area contributed by atoms with Crippen molar-refractivity contribution in [2.75, 3.05) is 5.75 Å². The molecule has 0 spiro atoms. The van der Waals surface area contributed by atoms with Gasteiger partial charge >= 0.3 is 0 Å². The molecule has 3 rings (SSSR count). The second-order valence-electron chi connectivity index (χ2n) is 7.72. The monoisotopic (exact) mass is 314 g/mol. The Labute approximate surface area is 127 Å². The zero-order chi connectivity index (χ0) is 15.3. The summed E-state index contributed by atoms with van der Waals surface area (Å²) in [6.45, 7) is 4.12. The number of hydrogen-bond acceptors (Lipinski definition) is 4. The van der Waals surface area contributed by atoms with Crippen molar-refractivity contribution >= 4 is 15.9 Å². The number of fused-ring (bicyclic) bond motifs is 2. The highest BCUT2D eigenvalue weighted by atomic mass is 32.2. The Kier molecular flexibility index (Phi) is 3.72. The van der Waals surface area contributed by atoms with Gasteiger partial charge in [0.05, 0.1) is 17.3 Å². The maximum Gasteiger partial charge on any atom is 0.268 e. The lowest BCUT2D eigenvalue weighted by Crippen LogP contribution is -2.43. The molecule has 3 saturated carbocycles. The number of hydrogen-bond donors (Lipinski definition) is 0. The zero-order valence-corrected chi connectivity index (χ0v) is 13.9. The second kappa shape index (κ2) is 5.05. The Balaban J connectivity index is 1.76. The average Bonchev–Trinajstić information content (AvgIpc) is 2.72. The first-order valence-electron chi connectivity index (χ1n) is 8.21. The molecule has 0 aromatic heterocycles. The molecule has 2 atom stereocenters. The molecule has 0 aromatic rings. The van der Waals surface area contributed by atoms with Crippen LogP contribution in [0.4, 0.5) is 0 Å². The maximum absolute atomic E-state index is 12.5. The summed E-state index contributed by atoms with van der Waals surface area (Å²) in [4.78, 5) is 12.4. The van der Waals surface area contributed by atoms with E-state index in [4.69, 9.17) is 4.18 Å². The number of carbonyl (C=O) groups is 1. The van der Waals surface area contributed by atoms with Gasteiger partial charge in [-0.1, -0.05) is 33.1 Å². The van der Waals surface area contributed by atoms with E-state index >= 15 is 0 Å². The number of carbonyl (C=O) groups excluding carboxylic acids is 1. The maximum atomic E-state index is 12.5. The van der Waals surface area contributed by atoms with E-state index in [1.807, 2.05) is 0 Å². The van der Waals surface area contributed by atoms with Crippen LogP contribution in [0.5, 0.6) is 0 Å². The summed E-state index contributed by atoms with van der Waals surface area (Å²) >= 11 is 0. The van der Waals surface area contributed by atoms with Crippen molar-refractivity contribution in [3.63, 3.8) is 0 Å². The van der Waals surface area contributed by atoms with E-state index in [0.717, 1.165) is 38.5 Å². The van der Waals surface area contributed by atoms with Crippen LogP contribution in [0.1, 0.15) is 65.2 Å². The van der Waals surface area contributed by atoms with Crippen LogP contribution in [-0.4, -0.2) is 26.1 Å². The zero-order valence-electron chi connectivity index (χ0n) is 13.1. The molecule has 0 saturated heterocycles. The lowest BCUT2D eigenvalue weighted by molar-refractivity contribution is -0.128. The van der Waals surface area contributed by atoms with E-state index in [0.29, 0.717) is 18.8 Å². The molecule has 4 nitrogen and oxygen atoms in total. The van der Waals surface area contributed by atoms with Crippen LogP contribution in [0.3, 0.4) is 0 Å². The van der Waals surface area contributed by atoms with Gasteiger partial charge in [0.15, 0.2) is 0 Å². The second-order valence-corrected chi connectivity index (χ2v) is 9.32. The van der Waals surface area contributed by atoms with E-state index in [9.17, 15) is 13.2 Å². The quantitative estimate of drug-likeness (QED) is 0.748. The number of rotatable bonds is 4. The van der Waals surface area contributed by atoms with Gasteiger partial charge < -0.3 is 0 Å². The molecule has 0 aliphatic heterocycles. The molecule has 5 heteroatoms. The van der Waals surface area contributed by atoms with Gasteiger partial charge in [-0.25, -0.2) is 0 Å². The van der Waals surface area contributed by atoms with Crippen molar-refractivity contribution in [2.45, 2.75) is 71.3 Å². The molecule has 3 fully saturated rings. The highest BCUT2D eigenvalue weighted by molar-refractivity contribution is 7.86. The average molecular weight is 314 g/mol. The van der Waals surface area contributed by atoms with Gasteiger partial charge in [0.2, 0.25) is 0 Å². The minimum absolute atomic E-state index is 0.112. The standard InChI is InChI=1S/C16H26O4S/c1-15(2)12-8-9-16(15,14(17)10-12)11-21(18,19)20-13-6-4-3-5-7-13/h12-13H,3-11H2,1-2H3. The van der Waals surface area contributed by atoms with E-state index in [-0.39, 0.29) is 23.1 Å². The smallest absolute Gasteiger partial charge is 0.268 e. The van der Waals surface area contributed by atoms with Gasteiger partial charge in [0.1, 0.15) is 5.78 Å². The molecule has 3 aliphatic rings. The molecule has 21 heavy (non-hydrogen) atoms.